The molecule has 0 radical (unpaired) electrons. The summed E-state index contributed by atoms with van der Waals surface area (Å²) in [7, 11) is 0. The van der Waals surface area contributed by atoms with Gasteiger partial charge in [-0.3, -0.25) is 9.59 Å². The number of hydrogen-bond acceptors (Lipinski definition) is 3. The van der Waals surface area contributed by atoms with Crippen molar-refractivity contribution in [1.82, 2.24) is 4.90 Å². The van der Waals surface area contributed by atoms with Gasteiger partial charge < -0.3 is 15.1 Å². The molecule has 0 bridgehead atoms. The first-order chi connectivity index (χ1) is 10.0. The molecule has 0 saturated carbocycles. The van der Waals surface area contributed by atoms with Gasteiger partial charge in [0.2, 0.25) is 0 Å². The third-order valence-electron chi connectivity index (χ3n) is 3.20. The zero-order valence-electron chi connectivity index (χ0n) is 11.7. The van der Waals surface area contributed by atoms with E-state index in [0.717, 1.165) is 10.8 Å². The van der Waals surface area contributed by atoms with E-state index in [-0.39, 0.29) is 17.9 Å². The molecule has 2 aromatic rings. The lowest BCUT2D eigenvalue weighted by molar-refractivity contribution is -0.137. The summed E-state index contributed by atoms with van der Waals surface area (Å²) in [5.41, 5.74) is 0.128. The second-order valence-corrected chi connectivity index (χ2v) is 4.84. The van der Waals surface area contributed by atoms with E-state index in [0.29, 0.717) is 13.0 Å². The summed E-state index contributed by atoms with van der Waals surface area (Å²) in [6.07, 6.45) is 0.646. The number of aromatic hydroxyl groups is 1. The predicted molar refractivity (Wildman–Crippen MR) is 79.4 cm³/mol. The van der Waals surface area contributed by atoms with E-state index >= 15 is 0 Å². The van der Waals surface area contributed by atoms with Crippen LogP contribution in [-0.2, 0) is 4.79 Å². The molecule has 1 amide bonds. The number of fused-ring (bicyclic) bond motifs is 1. The van der Waals surface area contributed by atoms with E-state index in [2.05, 4.69) is 0 Å². The second kappa shape index (κ2) is 6.26. The Hall–Kier alpha value is -2.56. The summed E-state index contributed by atoms with van der Waals surface area (Å²) in [6.45, 7) is 1.82. The van der Waals surface area contributed by atoms with Gasteiger partial charge in [-0.05, 0) is 29.3 Å². The summed E-state index contributed by atoms with van der Waals surface area (Å²) in [4.78, 5) is 24.5. The van der Waals surface area contributed by atoms with E-state index in [1.54, 1.807) is 6.07 Å². The number of rotatable bonds is 5. The van der Waals surface area contributed by atoms with Gasteiger partial charge in [-0.15, -0.1) is 0 Å². The summed E-state index contributed by atoms with van der Waals surface area (Å²) < 4.78 is 0. The minimum Gasteiger partial charge on any atom is -0.507 e. The highest BCUT2D eigenvalue weighted by Crippen LogP contribution is 2.26. The summed E-state index contributed by atoms with van der Waals surface area (Å²) in [5.74, 6) is -1.68. The Labute approximate surface area is 122 Å². The summed E-state index contributed by atoms with van der Waals surface area (Å²) in [5, 5.41) is 20.6. The monoisotopic (exact) mass is 287 g/mol. The lowest BCUT2D eigenvalue weighted by atomic mass is 10.0. The van der Waals surface area contributed by atoms with E-state index in [9.17, 15) is 14.7 Å². The van der Waals surface area contributed by atoms with Gasteiger partial charge in [0.15, 0.2) is 0 Å². The molecule has 0 saturated heterocycles. The van der Waals surface area contributed by atoms with Crippen molar-refractivity contribution in [1.29, 1.82) is 0 Å². The molecular formula is C16H17NO4. The Kier molecular flexibility index (Phi) is 4.42. The number of carbonyl (C=O) groups excluding carboxylic acids is 1. The molecule has 0 aliphatic rings. The molecule has 2 aromatic carbocycles. The molecule has 2 rings (SSSR count). The molecule has 110 valence electrons. The molecule has 0 heterocycles. The maximum atomic E-state index is 12.4. The van der Waals surface area contributed by atoms with Gasteiger partial charge in [0.1, 0.15) is 12.3 Å². The van der Waals surface area contributed by atoms with E-state index in [4.69, 9.17) is 5.11 Å². The number of carboxylic acids is 1. The average molecular weight is 287 g/mol. The first-order valence-electron chi connectivity index (χ1n) is 6.75. The van der Waals surface area contributed by atoms with Crippen molar-refractivity contribution in [3.05, 3.63) is 42.0 Å². The Morgan fingerprint density at radius 1 is 1.14 bits per heavy atom. The van der Waals surface area contributed by atoms with Crippen molar-refractivity contribution in [3.8, 4) is 5.75 Å². The summed E-state index contributed by atoms with van der Waals surface area (Å²) >= 11 is 0. The quantitative estimate of drug-likeness (QED) is 0.885. The van der Waals surface area contributed by atoms with Gasteiger partial charge in [0.05, 0.1) is 5.56 Å². The minimum atomic E-state index is -1.07. The number of nitrogens with zero attached hydrogens (tertiary/aromatic N) is 1. The topological polar surface area (TPSA) is 77.8 Å². The van der Waals surface area contributed by atoms with Gasteiger partial charge >= 0.3 is 5.97 Å². The van der Waals surface area contributed by atoms with Crippen molar-refractivity contribution in [2.75, 3.05) is 13.1 Å². The van der Waals surface area contributed by atoms with Gasteiger partial charge in [-0.1, -0.05) is 31.2 Å². The van der Waals surface area contributed by atoms with Gasteiger partial charge in [0.25, 0.3) is 5.91 Å². The second-order valence-electron chi connectivity index (χ2n) is 4.84. The number of aliphatic carboxylic acids is 1. The molecule has 0 spiro atoms. The number of amides is 1. The van der Waals surface area contributed by atoms with Crippen LogP contribution < -0.4 is 0 Å². The molecule has 21 heavy (non-hydrogen) atoms. The van der Waals surface area contributed by atoms with Crippen LogP contribution in [0.2, 0.25) is 0 Å². The fraction of sp³-hybridized carbons (Fsp3) is 0.250. The lowest BCUT2D eigenvalue weighted by Crippen LogP contribution is -2.36. The van der Waals surface area contributed by atoms with E-state index in [1.807, 2.05) is 31.2 Å². The highest BCUT2D eigenvalue weighted by Gasteiger charge is 2.21. The Bertz CT molecular complexity index is 681. The number of hydrogen-bond donors (Lipinski definition) is 2. The van der Waals surface area contributed by atoms with Crippen LogP contribution in [0, 0.1) is 0 Å². The van der Waals surface area contributed by atoms with Crippen LogP contribution in [0.1, 0.15) is 23.7 Å². The molecule has 5 nitrogen and oxygen atoms in total. The number of benzene rings is 2. The maximum absolute atomic E-state index is 12.4. The van der Waals surface area contributed by atoms with Crippen molar-refractivity contribution in [2.45, 2.75) is 13.3 Å². The lowest BCUT2D eigenvalue weighted by Gasteiger charge is -2.20. The molecular weight excluding hydrogens is 270 g/mol. The number of phenols is 1. The molecule has 0 fully saturated rings. The Balaban J connectivity index is 2.40. The Morgan fingerprint density at radius 3 is 2.33 bits per heavy atom. The fourth-order valence-corrected chi connectivity index (χ4v) is 2.26. The van der Waals surface area contributed by atoms with Crippen molar-refractivity contribution < 1.29 is 19.8 Å². The third-order valence-corrected chi connectivity index (χ3v) is 3.20. The number of carbonyl (C=O) groups is 2. The van der Waals surface area contributed by atoms with Gasteiger partial charge in [0, 0.05) is 6.54 Å². The van der Waals surface area contributed by atoms with E-state index in [1.165, 1.54) is 11.0 Å². The van der Waals surface area contributed by atoms with Crippen molar-refractivity contribution in [2.24, 2.45) is 0 Å². The summed E-state index contributed by atoms with van der Waals surface area (Å²) in [6, 6.07) is 10.5. The predicted octanol–water partition coefficient (Wildman–Crippen LogP) is 2.48. The van der Waals surface area contributed by atoms with Crippen LogP contribution in [0.3, 0.4) is 0 Å². The van der Waals surface area contributed by atoms with Crippen LogP contribution in [0.4, 0.5) is 0 Å². The van der Waals surface area contributed by atoms with Crippen molar-refractivity contribution in [3.63, 3.8) is 0 Å². The smallest absolute Gasteiger partial charge is 0.323 e. The first kappa shape index (κ1) is 14.8. The maximum Gasteiger partial charge on any atom is 0.323 e. The zero-order valence-corrected chi connectivity index (χ0v) is 11.7. The highest BCUT2D eigenvalue weighted by molar-refractivity contribution is 6.02. The molecule has 0 aliphatic carbocycles. The Morgan fingerprint density at radius 2 is 1.76 bits per heavy atom. The average Bonchev–Trinajstić information content (AvgIpc) is 2.45. The van der Waals surface area contributed by atoms with Crippen LogP contribution in [0.25, 0.3) is 10.8 Å². The van der Waals surface area contributed by atoms with Crippen molar-refractivity contribution >= 4 is 22.6 Å². The number of carboxylic acid groups (broad SMARTS) is 1. The molecule has 0 atom stereocenters. The third kappa shape index (κ3) is 3.31. The standard InChI is InChI=1S/C16H17NO4/c1-2-7-17(10-15(19)20)16(21)13-8-11-5-3-4-6-12(11)9-14(13)18/h3-6,8-9,18H,2,7,10H2,1H3,(H,19,20). The minimum absolute atomic E-state index is 0.128. The van der Waals surface area contributed by atoms with Crippen LogP contribution >= 0.6 is 0 Å². The number of phenolic OH excluding ortho intramolecular Hbond substituents is 1. The SMILES string of the molecule is CCCN(CC(=O)O)C(=O)c1cc2ccccc2cc1O. The van der Waals surface area contributed by atoms with Crippen LogP contribution in [-0.4, -0.2) is 40.1 Å². The molecule has 0 aliphatic heterocycles. The van der Waals surface area contributed by atoms with Crippen LogP contribution in [0.15, 0.2) is 36.4 Å². The van der Waals surface area contributed by atoms with Gasteiger partial charge in [-0.25, -0.2) is 0 Å². The normalized spacial score (nSPS) is 10.5. The molecule has 0 unspecified atom stereocenters. The molecule has 5 heteroatoms. The fourth-order valence-electron chi connectivity index (χ4n) is 2.26. The zero-order chi connectivity index (χ0) is 15.4. The molecule has 2 N–H and O–H groups in total. The first-order valence-corrected chi connectivity index (χ1v) is 6.75. The molecule has 0 aromatic heterocycles. The highest BCUT2D eigenvalue weighted by atomic mass is 16.4. The van der Waals surface area contributed by atoms with Gasteiger partial charge in [-0.2, -0.15) is 0 Å². The largest absolute Gasteiger partial charge is 0.507 e. The van der Waals surface area contributed by atoms with E-state index < -0.39 is 11.9 Å². The van der Waals surface area contributed by atoms with Crippen LogP contribution in [0.5, 0.6) is 5.75 Å².